The number of quaternary nitrogens is 1. The molecule has 2 unspecified atom stereocenters. The molecule has 2 amide bonds. The van der Waals surface area contributed by atoms with E-state index in [0.717, 1.165) is 0 Å². The van der Waals surface area contributed by atoms with Crippen molar-refractivity contribution in [1.82, 2.24) is 10.3 Å². The third-order valence-electron chi connectivity index (χ3n) is 6.94. The second kappa shape index (κ2) is 13.9. The van der Waals surface area contributed by atoms with Crippen molar-refractivity contribution in [3.8, 4) is 11.5 Å². The highest BCUT2D eigenvalue weighted by Gasteiger charge is 2.41. The number of hydrogen-bond acceptors (Lipinski definition) is 10. The number of methoxy groups -OCH3 is 2. The number of nitrogens with zero attached hydrogens (tertiary/aromatic N) is 2. The van der Waals surface area contributed by atoms with Crippen molar-refractivity contribution in [2.75, 3.05) is 34.1 Å². The normalized spacial score (nSPS) is 18.2. The van der Waals surface area contributed by atoms with Crippen LogP contribution < -0.4 is 19.9 Å². The molecular formula is C30H30FN3O9. The third kappa shape index (κ3) is 7.13. The van der Waals surface area contributed by atoms with Gasteiger partial charge in [0.05, 0.1) is 18.7 Å². The number of rotatable bonds is 9. The average molecular weight is 596 g/mol. The number of carbonyl (C=O) groups excluding carboxylic acids is 4. The molecule has 1 aliphatic heterocycles. The minimum atomic E-state index is -1.64. The largest absolute Gasteiger partial charge is 0.495 e. The van der Waals surface area contributed by atoms with Crippen LogP contribution in [-0.4, -0.2) is 73.5 Å². The number of nitrogens with one attached hydrogen (secondary N) is 1. The van der Waals surface area contributed by atoms with Gasteiger partial charge in [-0.1, -0.05) is 16.8 Å². The van der Waals surface area contributed by atoms with E-state index in [-0.39, 0.29) is 42.5 Å². The van der Waals surface area contributed by atoms with Crippen molar-refractivity contribution in [1.29, 1.82) is 0 Å². The van der Waals surface area contributed by atoms with Crippen molar-refractivity contribution in [3.63, 3.8) is 0 Å². The minimum Gasteiger partial charge on any atom is -0.495 e. The molecule has 13 heteroatoms. The minimum absolute atomic E-state index is 0.0171. The van der Waals surface area contributed by atoms with Gasteiger partial charge in [0.15, 0.2) is 24.1 Å². The number of aromatic nitrogens is 1. The van der Waals surface area contributed by atoms with Gasteiger partial charge in [-0.25, -0.2) is 9.18 Å². The predicted molar refractivity (Wildman–Crippen MR) is 145 cm³/mol. The molecule has 1 aliphatic rings. The highest BCUT2D eigenvalue weighted by atomic mass is 19.1. The Morgan fingerprint density at radius 1 is 0.953 bits per heavy atom. The smallest absolute Gasteiger partial charge is 0.398 e. The fourth-order valence-electron chi connectivity index (χ4n) is 4.74. The van der Waals surface area contributed by atoms with Crippen molar-refractivity contribution >= 4 is 23.8 Å². The zero-order chi connectivity index (χ0) is 31.0. The molecule has 1 fully saturated rings. The first-order valence-electron chi connectivity index (χ1n) is 13.4. The average Bonchev–Trinajstić information content (AvgIpc) is 3.22. The number of likely N-dealkylation sites (tertiary alicyclic amines) is 1. The molecular weight excluding hydrogens is 565 g/mol. The summed E-state index contributed by atoms with van der Waals surface area (Å²) < 4.78 is 29.1. The van der Waals surface area contributed by atoms with Crippen LogP contribution in [0.2, 0.25) is 0 Å². The fourth-order valence-corrected chi connectivity index (χ4v) is 4.74. The number of carboxylic acid groups (broad SMARTS) is 1. The van der Waals surface area contributed by atoms with E-state index in [1.165, 1.54) is 75.1 Å². The lowest BCUT2D eigenvalue weighted by Crippen LogP contribution is -2.63. The first-order chi connectivity index (χ1) is 20.7. The molecule has 4 rings (SSSR count). The fraction of sp³-hybridized carbons (Fsp3) is 0.300. The summed E-state index contributed by atoms with van der Waals surface area (Å²) in [5.74, 6) is -3.32. The molecule has 2 atom stereocenters. The van der Waals surface area contributed by atoms with Crippen LogP contribution in [0.5, 0.6) is 11.5 Å². The molecule has 0 bridgehead atoms. The summed E-state index contributed by atoms with van der Waals surface area (Å²) in [6.45, 7) is -0.546. The number of hydroxylamine groups is 3. The van der Waals surface area contributed by atoms with Gasteiger partial charge in [-0.05, 0) is 49.2 Å². The lowest BCUT2D eigenvalue weighted by Gasteiger charge is -2.34. The summed E-state index contributed by atoms with van der Waals surface area (Å²) in [6, 6.07) is 10.2. The van der Waals surface area contributed by atoms with E-state index in [1.54, 1.807) is 0 Å². The summed E-state index contributed by atoms with van der Waals surface area (Å²) in [6.07, 6.45) is 2.74. The topological polar surface area (TPSA) is 153 Å². The summed E-state index contributed by atoms with van der Waals surface area (Å²) in [5.41, 5.74) is -0.0800. The van der Waals surface area contributed by atoms with Gasteiger partial charge in [-0.2, -0.15) is 0 Å². The van der Waals surface area contributed by atoms with E-state index in [4.69, 9.17) is 19.0 Å². The second-order valence-corrected chi connectivity index (χ2v) is 9.75. The highest BCUT2D eigenvalue weighted by Crippen LogP contribution is 2.31. The Bertz CT molecular complexity index is 1480. The van der Waals surface area contributed by atoms with Crippen LogP contribution >= 0.6 is 0 Å². The van der Waals surface area contributed by atoms with Crippen LogP contribution in [0.15, 0.2) is 60.9 Å². The molecule has 0 spiro atoms. The van der Waals surface area contributed by atoms with Crippen LogP contribution in [0, 0.1) is 5.82 Å². The Morgan fingerprint density at radius 2 is 1.63 bits per heavy atom. The quantitative estimate of drug-likeness (QED) is 0.222. The summed E-state index contributed by atoms with van der Waals surface area (Å²) >= 11 is 0. The Balaban J connectivity index is 1.53. The molecule has 0 radical (unpaired) electrons. The molecule has 0 aliphatic carbocycles. The van der Waals surface area contributed by atoms with Gasteiger partial charge in [-0.3, -0.25) is 19.4 Å². The number of ether oxygens (including phenoxy) is 3. The van der Waals surface area contributed by atoms with Gasteiger partial charge in [-0.15, -0.1) is 0 Å². The van der Waals surface area contributed by atoms with Crippen LogP contribution in [0.1, 0.15) is 55.9 Å². The number of hydrogen-bond donors (Lipinski definition) is 1. The number of ketones is 1. The molecule has 226 valence electrons. The van der Waals surface area contributed by atoms with Crippen LogP contribution in [0.4, 0.5) is 9.18 Å². The number of halogens is 1. The van der Waals surface area contributed by atoms with Crippen LogP contribution in [0.3, 0.4) is 0 Å². The lowest BCUT2D eigenvalue weighted by atomic mass is 10.00. The molecule has 2 heterocycles. The van der Waals surface area contributed by atoms with E-state index < -0.39 is 45.8 Å². The second-order valence-electron chi connectivity index (χ2n) is 9.75. The molecule has 3 aromatic rings. The maximum absolute atomic E-state index is 15.1. The van der Waals surface area contributed by atoms with E-state index in [1.807, 2.05) is 0 Å². The molecule has 12 nitrogen and oxygen atoms in total. The number of pyridine rings is 1. The van der Waals surface area contributed by atoms with Gasteiger partial charge >= 0.3 is 12.1 Å². The van der Waals surface area contributed by atoms with Crippen LogP contribution in [0.25, 0.3) is 0 Å². The van der Waals surface area contributed by atoms with E-state index in [2.05, 4.69) is 10.3 Å². The molecule has 43 heavy (non-hydrogen) atoms. The summed E-state index contributed by atoms with van der Waals surface area (Å²) in [5, 5.41) is 15.1. The van der Waals surface area contributed by atoms with Crippen molar-refractivity contribution < 1.29 is 52.4 Å². The van der Waals surface area contributed by atoms with E-state index in [9.17, 15) is 24.3 Å². The number of carbonyl (C=O) groups is 4. The molecule has 1 N–H and O–H groups in total. The maximum Gasteiger partial charge on any atom is 0.398 e. The third-order valence-corrected chi connectivity index (χ3v) is 6.94. The lowest BCUT2D eigenvalue weighted by molar-refractivity contribution is -1.04. The standard InChI is InChI=1S/C30H30FN3O9/c1-40-18-42-23-10-11-24(41-2)26(31)25(23)27(35)19-6-8-21(9-7-19)29(37)43-34(30(38)39)16-4-3-5-22(17-34)33-28(36)20-12-14-32-15-13-20/h6-15,22H,3-5,16-18H2,1-2H3,(H-,33,36,38,39). The molecule has 1 aromatic heterocycles. The van der Waals surface area contributed by atoms with Gasteiger partial charge in [0, 0.05) is 37.1 Å². The monoisotopic (exact) mass is 595 g/mol. The Labute approximate surface area is 246 Å². The SMILES string of the molecule is COCOc1ccc(OC)c(F)c1C(=O)c1ccc(C(=O)O[N+]2(C(=O)[O-])CCCCC(NC(=O)c3ccncc3)C2)cc1. The summed E-state index contributed by atoms with van der Waals surface area (Å²) in [4.78, 5) is 60.8. The van der Waals surface area contributed by atoms with Crippen molar-refractivity contribution in [2.24, 2.45) is 0 Å². The van der Waals surface area contributed by atoms with Gasteiger partial charge in [0.2, 0.25) is 0 Å². The Morgan fingerprint density at radius 3 is 2.28 bits per heavy atom. The first-order valence-corrected chi connectivity index (χ1v) is 13.4. The van der Waals surface area contributed by atoms with Gasteiger partial charge < -0.3 is 29.4 Å². The molecule has 2 aromatic carbocycles. The maximum atomic E-state index is 15.1. The first kappa shape index (κ1) is 31.1. The van der Waals surface area contributed by atoms with Gasteiger partial charge in [0.25, 0.3) is 5.91 Å². The molecule has 1 saturated heterocycles. The summed E-state index contributed by atoms with van der Waals surface area (Å²) in [7, 11) is 2.63. The van der Waals surface area contributed by atoms with Crippen LogP contribution in [-0.2, 0) is 9.57 Å². The van der Waals surface area contributed by atoms with Crippen molar-refractivity contribution in [2.45, 2.75) is 25.3 Å². The Kier molecular flexibility index (Phi) is 10.0. The zero-order valence-corrected chi connectivity index (χ0v) is 23.5. The number of amides is 2. The number of benzene rings is 2. The highest BCUT2D eigenvalue weighted by molar-refractivity contribution is 6.11. The van der Waals surface area contributed by atoms with Crippen molar-refractivity contribution in [3.05, 3.63) is 89.0 Å². The predicted octanol–water partition coefficient (Wildman–Crippen LogP) is 2.66. The van der Waals surface area contributed by atoms with E-state index >= 15 is 4.39 Å². The Hall–Kier alpha value is -4.88. The molecule has 0 saturated carbocycles. The zero-order valence-electron chi connectivity index (χ0n) is 23.5. The van der Waals surface area contributed by atoms with Gasteiger partial charge in [0.1, 0.15) is 24.4 Å². The van der Waals surface area contributed by atoms with E-state index in [0.29, 0.717) is 24.8 Å².